The lowest BCUT2D eigenvalue weighted by molar-refractivity contribution is -0.125. The van der Waals surface area contributed by atoms with Crippen LogP contribution in [0.25, 0.3) is 0 Å². The molecular formula is C10H19NO2. The average Bonchev–Trinajstić information content (AvgIpc) is 2.51. The van der Waals surface area contributed by atoms with Crippen molar-refractivity contribution in [2.75, 3.05) is 0 Å². The summed E-state index contributed by atoms with van der Waals surface area (Å²) in [7, 11) is 0. The van der Waals surface area contributed by atoms with Crippen molar-refractivity contribution >= 4 is 5.91 Å². The number of hydrogen-bond donors (Lipinski definition) is 2. The summed E-state index contributed by atoms with van der Waals surface area (Å²) in [5.41, 5.74) is 0. The molecule has 0 radical (unpaired) electrons. The molecule has 1 amide bonds. The van der Waals surface area contributed by atoms with Crippen LogP contribution in [-0.4, -0.2) is 23.2 Å². The maximum absolute atomic E-state index is 11.5. The number of carbonyl (C=O) groups excluding carboxylic acids is 1. The Morgan fingerprint density at radius 1 is 1.62 bits per heavy atom. The molecule has 0 spiro atoms. The first-order valence-electron chi connectivity index (χ1n) is 5.12. The van der Waals surface area contributed by atoms with Gasteiger partial charge < -0.3 is 10.4 Å². The van der Waals surface area contributed by atoms with Gasteiger partial charge in [-0.2, -0.15) is 0 Å². The van der Waals surface area contributed by atoms with Crippen LogP contribution in [-0.2, 0) is 4.79 Å². The Kier molecular flexibility index (Phi) is 3.72. The minimum absolute atomic E-state index is 0.0454. The van der Waals surface area contributed by atoms with Crippen LogP contribution >= 0.6 is 0 Å². The van der Waals surface area contributed by atoms with Crippen LogP contribution < -0.4 is 5.32 Å². The van der Waals surface area contributed by atoms with E-state index < -0.39 is 0 Å². The van der Waals surface area contributed by atoms with Crippen molar-refractivity contribution in [1.82, 2.24) is 5.32 Å². The molecule has 1 aliphatic rings. The molecule has 0 aromatic rings. The number of aliphatic hydroxyl groups excluding tert-OH is 1. The van der Waals surface area contributed by atoms with Crippen molar-refractivity contribution in [1.29, 1.82) is 0 Å². The van der Waals surface area contributed by atoms with Crippen molar-refractivity contribution in [3.05, 3.63) is 0 Å². The summed E-state index contributed by atoms with van der Waals surface area (Å²) in [6.45, 7) is 4.05. The van der Waals surface area contributed by atoms with Crippen LogP contribution in [0, 0.1) is 5.92 Å². The fourth-order valence-corrected chi connectivity index (χ4v) is 1.66. The van der Waals surface area contributed by atoms with E-state index in [2.05, 4.69) is 12.2 Å². The molecule has 0 saturated heterocycles. The predicted molar refractivity (Wildman–Crippen MR) is 51.2 cm³/mol. The lowest BCUT2D eigenvalue weighted by Crippen LogP contribution is -2.36. The minimum atomic E-state index is -0.257. The first-order chi connectivity index (χ1) is 6.13. The van der Waals surface area contributed by atoms with E-state index >= 15 is 0 Å². The number of amides is 1. The van der Waals surface area contributed by atoms with Crippen molar-refractivity contribution in [2.45, 2.75) is 51.7 Å². The summed E-state index contributed by atoms with van der Waals surface area (Å²) < 4.78 is 0. The van der Waals surface area contributed by atoms with Gasteiger partial charge in [-0.15, -0.1) is 0 Å². The normalized spacial score (nSPS) is 30.1. The molecule has 0 aliphatic heterocycles. The molecule has 3 atom stereocenters. The van der Waals surface area contributed by atoms with Crippen molar-refractivity contribution in [3.8, 4) is 0 Å². The third-order valence-electron chi connectivity index (χ3n) is 2.78. The highest BCUT2D eigenvalue weighted by molar-refractivity contribution is 5.79. The van der Waals surface area contributed by atoms with Crippen LogP contribution in [0.3, 0.4) is 0 Å². The van der Waals surface area contributed by atoms with Gasteiger partial charge in [-0.3, -0.25) is 4.79 Å². The molecule has 1 fully saturated rings. The second-order valence-corrected chi connectivity index (χ2v) is 3.98. The first kappa shape index (κ1) is 10.5. The molecule has 0 bridgehead atoms. The van der Waals surface area contributed by atoms with E-state index in [1.165, 1.54) is 0 Å². The Bertz CT molecular complexity index is 182. The van der Waals surface area contributed by atoms with Crippen molar-refractivity contribution in [3.63, 3.8) is 0 Å². The highest BCUT2D eigenvalue weighted by atomic mass is 16.3. The zero-order chi connectivity index (χ0) is 9.84. The van der Waals surface area contributed by atoms with E-state index in [4.69, 9.17) is 0 Å². The molecule has 76 valence electrons. The Balaban J connectivity index is 2.31. The van der Waals surface area contributed by atoms with E-state index in [1.54, 1.807) is 0 Å². The molecule has 13 heavy (non-hydrogen) atoms. The van der Waals surface area contributed by atoms with E-state index in [9.17, 15) is 9.90 Å². The van der Waals surface area contributed by atoms with Gasteiger partial charge in [-0.05, 0) is 32.6 Å². The molecule has 3 heteroatoms. The van der Waals surface area contributed by atoms with Crippen molar-refractivity contribution < 1.29 is 9.90 Å². The molecule has 3 unspecified atom stereocenters. The van der Waals surface area contributed by atoms with Gasteiger partial charge in [-0.1, -0.05) is 6.92 Å². The largest absolute Gasteiger partial charge is 0.393 e. The molecule has 0 aromatic heterocycles. The van der Waals surface area contributed by atoms with Gasteiger partial charge >= 0.3 is 0 Å². The van der Waals surface area contributed by atoms with Crippen LogP contribution in [0.4, 0.5) is 0 Å². The molecule has 0 aromatic carbocycles. The third kappa shape index (κ3) is 2.99. The van der Waals surface area contributed by atoms with Crippen molar-refractivity contribution in [2.24, 2.45) is 5.92 Å². The lowest BCUT2D eigenvalue weighted by Gasteiger charge is -2.15. The van der Waals surface area contributed by atoms with Gasteiger partial charge in [0.1, 0.15) is 0 Å². The molecule has 3 nitrogen and oxygen atoms in total. The number of rotatable bonds is 3. The van der Waals surface area contributed by atoms with Crippen LogP contribution in [0.2, 0.25) is 0 Å². The van der Waals surface area contributed by atoms with Gasteiger partial charge in [0.25, 0.3) is 0 Å². The fourth-order valence-electron chi connectivity index (χ4n) is 1.66. The Morgan fingerprint density at radius 2 is 2.31 bits per heavy atom. The second kappa shape index (κ2) is 4.61. The number of aliphatic hydroxyl groups is 1. The number of carbonyl (C=O) groups is 1. The Hall–Kier alpha value is -0.570. The quantitative estimate of drug-likeness (QED) is 0.690. The highest BCUT2D eigenvalue weighted by Gasteiger charge is 2.28. The van der Waals surface area contributed by atoms with Crippen LogP contribution in [0.15, 0.2) is 0 Å². The minimum Gasteiger partial charge on any atom is -0.393 e. The summed E-state index contributed by atoms with van der Waals surface area (Å²) >= 11 is 0. The van der Waals surface area contributed by atoms with E-state index in [0.29, 0.717) is 6.42 Å². The zero-order valence-electron chi connectivity index (χ0n) is 8.42. The molecule has 1 aliphatic carbocycles. The van der Waals surface area contributed by atoms with Crippen LogP contribution in [0.1, 0.15) is 39.5 Å². The first-order valence-corrected chi connectivity index (χ1v) is 5.12. The van der Waals surface area contributed by atoms with Gasteiger partial charge in [0, 0.05) is 12.0 Å². The predicted octanol–water partition coefficient (Wildman–Crippen LogP) is 1.06. The summed E-state index contributed by atoms with van der Waals surface area (Å²) in [5.74, 6) is 0.162. The number of hydrogen-bond acceptors (Lipinski definition) is 2. The van der Waals surface area contributed by atoms with Gasteiger partial charge in [0.05, 0.1) is 6.10 Å². The summed E-state index contributed by atoms with van der Waals surface area (Å²) in [5, 5.41) is 12.2. The molecule has 1 rings (SSSR count). The molecule has 1 saturated carbocycles. The van der Waals surface area contributed by atoms with Gasteiger partial charge in [-0.25, -0.2) is 0 Å². The topological polar surface area (TPSA) is 49.3 Å². The van der Waals surface area contributed by atoms with Gasteiger partial charge in [0.2, 0.25) is 5.91 Å². The van der Waals surface area contributed by atoms with E-state index in [-0.39, 0.29) is 24.0 Å². The fraction of sp³-hybridized carbons (Fsp3) is 0.900. The van der Waals surface area contributed by atoms with E-state index in [0.717, 1.165) is 19.3 Å². The number of nitrogens with one attached hydrogen (secondary N) is 1. The summed E-state index contributed by atoms with van der Waals surface area (Å²) in [6, 6.07) is 0.255. The second-order valence-electron chi connectivity index (χ2n) is 3.98. The molecular weight excluding hydrogens is 166 g/mol. The maximum atomic E-state index is 11.5. The Morgan fingerprint density at radius 3 is 2.77 bits per heavy atom. The summed E-state index contributed by atoms with van der Waals surface area (Å²) in [4.78, 5) is 11.5. The van der Waals surface area contributed by atoms with E-state index in [1.807, 2.05) is 6.92 Å². The summed E-state index contributed by atoms with van der Waals surface area (Å²) in [6.07, 6.45) is 2.96. The lowest BCUT2D eigenvalue weighted by atomic mass is 10.1. The van der Waals surface area contributed by atoms with Crippen LogP contribution in [0.5, 0.6) is 0 Å². The Labute approximate surface area is 79.5 Å². The SMILES string of the molecule is CCC(C)NC(=O)C1CCC(O)C1. The standard InChI is InChI=1S/C10H19NO2/c1-3-7(2)11-10(13)8-4-5-9(12)6-8/h7-9,12H,3-6H2,1-2H3,(H,11,13). The van der Waals surface area contributed by atoms with Gasteiger partial charge in [0.15, 0.2) is 0 Å². The zero-order valence-corrected chi connectivity index (χ0v) is 8.42. The smallest absolute Gasteiger partial charge is 0.223 e. The highest BCUT2D eigenvalue weighted by Crippen LogP contribution is 2.25. The average molecular weight is 185 g/mol. The molecule has 0 heterocycles. The monoisotopic (exact) mass is 185 g/mol. The molecule has 2 N–H and O–H groups in total. The third-order valence-corrected chi connectivity index (χ3v) is 2.78. The maximum Gasteiger partial charge on any atom is 0.223 e.